The van der Waals surface area contributed by atoms with Crippen LogP contribution in [0.4, 0.5) is 5.82 Å². The molecule has 6 rings (SSSR count). The topological polar surface area (TPSA) is 145 Å². The lowest BCUT2D eigenvalue weighted by Gasteiger charge is -2.44. The number of rotatable bonds is 6. The van der Waals surface area contributed by atoms with Crippen LogP contribution in [0.2, 0.25) is 0 Å². The van der Waals surface area contributed by atoms with E-state index in [1.165, 1.54) is 18.7 Å². The first-order valence-electron chi connectivity index (χ1n) is 9.94. The maximum atomic E-state index is 12.6. The summed E-state index contributed by atoms with van der Waals surface area (Å²) in [5.74, 6) is -0.283. The second-order valence-electron chi connectivity index (χ2n) is 8.32. The van der Waals surface area contributed by atoms with Crippen molar-refractivity contribution in [2.24, 2.45) is 5.41 Å². The van der Waals surface area contributed by atoms with Crippen LogP contribution in [-0.2, 0) is 4.74 Å². The summed E-state index contributed by atoms with van der Waals surface area (Å²) in [7, 11) is 0. The number of amides is 2. The summed E-state index contributed by atoms with van der Waals surface area (Å²) in [5, 5.41) is 6.69. The van der Waals surface area contributed by atoms with E-state index >= 15 is 0 Å². The molecular weight excluding hydrogens is 398 g/mol. The van der Waals surface area contributed by atoms with E-state index in [1.807, 2.05) is 6.07 Å². The smallest absolute Gasteiger partial charge is 0.271 e. The fourth-order valence-corrected chi connectivity index (χ4v) is 4.50. The molecular formula is C21H21N7O3. The van der Waals surface area contributed by atoms with Crippen molar-refractivity contribution in [3.8, 4) is 0 Å². The maximum Gasteiger partial charge on any atom is 0.271 e. The van der Waals surface area contributed by atoms with Crippen molar-refractivity contribution < 1.29 is 14.3 Å². The molecule has 31 heavy (non-hydrogen) atoms. The molecule has 3 aromatic rings. The number of nitrogens with two attached hydrogens (primary N) is 1. The van der Waals surface area contributed by atoms with Gasteiger partial charge < -0.3 is 21.1 Å². The molecule has 3 fully saturated rings. The van der Waals surface area contributed by atoms with Crippen molar-refractivity contribution in [2.75, 3.05) is 25.4 Å². The van der Waals surface area contributed by atoms with Crippen LogP contribution in [0.3, 0.4) is 0 Å². The van der Waals surface area contributed by atoms with E-state index in [1.54, 1.807) is 18.3 Å². The largest absolute Gasteiger partial charge is 0.382 e. The molecule has 1 aromatic carbocycles. The molecule has 4 heterocycles. The van der Waals surface area contributed by atoms with Crippen molar-refractivity contribution in [1.29, 1.82) is 0 Å². The zero-order chi connectivity index (χ0) is 21.5. The Balaban J connectivity index is 1.15. The summed E-state index contributed by atoms with van der Waals surface area (Å²) in [6, 6.07) is 5.35. The molecule has 2 bridgehead atoms. The Kier molecular flexibility index (Phi) is 4.51. The minimum absolute atomic E-state index is 0.0999. The third kappa shape index (κ3) is 3.66. The van der Waals surface area contributed by atoms with Crippen molar-refractivity contribution in [3.05, 3.63) is 54.4 Å². The van der Waals surface area contributed by atoms with Crippen LogP contribution >= 0.6 is 0 Å². The number of carbonyl (C=O) groups excluding carboxylic acids is 2. The van der Waals surface area contributed by atoms with Gasteiger partial charge in [0.05, 0.1) is 30.1 Å². The van der Waals surface area contributed by atoms with Gasteiger partial charge in [0.25, 0.3) is 11.8 Å². The number of aromatic nitrogens is 4. The van der Waals surface area contributed by atoms with Gasteiger partial charge in [-0.2, -0.15) is 0 Å². The number of nitrogens with zero attached hydrogens (tertiary/aromatic N) is 4. The number of nitrogens with one attached hydrogen (secondary N) is 2. The van der Waals surface area contributed by atoms with Gasteiger partial charge in [-0.1, -0.05) is 0 Å². The lowest BCUT2D eigenvalue weighted by Crippen LogP contribution is -2.55. The number of hydrogen-bond acceptors (Lipinski definition) is 8. The summed E-state index contributed by atoms with van der Waals surface area (Å²) >= 11 is 0. The van der Waals surface area contributed by atoms with Crippen LogP contribution in [0, 0.1) is 5.41 Å². The SMILES string of the molecule is Nc1cncc(C(=O)NCC23CC(CNC(=O)c4ccc5ncncc5c4)(CO2)C3)n1. The normalized spacial score (nSPS) is 23.9. The molecule has 3 aliphatic rings. The van der Waals surface area contributed by atoms with Crippen molar-refractivity contribution in [2.45, 2.75) is 18.4 Å². The zero-order valence-electron chi connectivity index (χ0n) is 16.7. The molecule has 2 amide bonds. The van der Waals surface area contributed by atoms with Crippen molar-refractivity contribution >= 4 is 28.5 Å². The van der Waals surface area contributed by atoms with Crippen LogP contribution in [-0.4, -0.2) is 57.0 Å². The zero-order valence-corrected chi connectivity index (χ0v) is 16.7. The molecule has 0 radical (unpaired) electrons. The number of nitrogen functional groups attached to an aromatic ring is 1. The van der Waals surface area contributed by atoms with Crippen LogP contribution in [0.5, 0.6) is 0 Å². The van der Waals surface area contributed by atoms with Gasteiger partial charge in [-0.15, -0.1) is 0 Å². The first-order chi connectivity index (χ1) is 15.0. The molecule has 10 nitrogen and oxygen atoms in total. The highest BCUT2D eigenvalue weighted by atomic mass is 16.5. The van der Waals surface area contributed by atoms with Gasteiger partial charge in [0.15, 0.2) is 0 Å². The van der Waals surface area contributed by atoms with Gasteiger partial charge in [-0.25, -0.2) is 15.0 Å². The van der Waals surface area contributed by atoms with Crippen LogP contribution < -0.4 is 16.4 Å². The molecule has 158 valence electrons. The molecule has 0 unspecified atom stereocenters. The Morgan fingerprint density at radius 1 is 1.06 bits per heavy atom. The minimum atomic E-state index is -0.394. The average Bonchev–Trinajstić information content (AvgIpc) is 3.31. The second-order valence-corrected chi connectivity index (χ2v) is 8.32. The summed E-state index contributed by atoms with van der Waals surface area (Å²) in [5.41, 5.74) is 6.62. The van der Waals surface area contributed by atoms with Crippen molar-refractivity contribution in [1.82, 2.24) is 30.6 Å². The van der Waals surface area contributed by atoms with Crippen molar-refractivity contribution in [3.63, 3.8) is 0 Å². The molecule has 1 saturated carbocycles. The van der Waals surface area contributed by atoms with E-state index in [0.717, 1.165) is 23.7 Å². The molecule has 2 aliphatic heterocycles. The van der Waals surface area contributed by atoms with E-state index in [9.17, 15) is 9.59 Å². The fourth-order valence-electron chi connectivity index (χ4n) is 4.50. The lowest BCUT2D eigenvalue weighted by atomic mass is 9.62. The highest BCUT2D eigenvalue weighted by Gasteiger charge is 2.62. The quantitative estimate of drug-likeness (QED) is 0.530. The monoisotopic (exact) mass is 419 g/mol. The van der Waals surface area contributed by atoms with Gasteiger partial charge in [-0.05, 0) is 31.0 Å². The molecule has 1 aliphatic carbocycles. The van der Waals surface area contributed by atoms with Gasteiger partial charge >= 0.3 is 0 Å². The number of anilines is 1. The second kappa shape index (κ2) is 7.24. The Hall–Kier alpha value is -3.66. The van der Waals surface area contributed by atoms with Gasteiger partial charge in [0.1, 0.15) is 17.8 Å². The summed E-state index contributed by atoms with van der Waals surface area (Å²) in [6.45, 7) is 1.45. The molecule has 4 N–H and O–H groups in total. The average molecular weight is 419 g/mol. The predicted octanol–water partition coefficient (Wildman–Crippen LogP) is 0.711. The third-order valence-corrected chi connectivity index (χ3v) is 5.93. The number of carbonyl (C=O) groups is 2. The van der Waals surface area contributed by atoms with E-state index in [2.05, 4.69) is 30.6 Å². The summed E-state index contributed by atoms with van der Waals surface area (Å²) in [4.78, 5) is 40.9. The molecule has 10 heteroatoms. The molecule has 0 spiro atoms. The highest BCUT2D eigenvalue weighted by Crippen LogP contribution is 2.57. The Bertz CT molecular complexity index is 1180. The number of ether oxygens (including phenoxy) is 1. The summed E-state index contributed by atoms with van der Waals surface area (Å²) in [6.07, 6.45) is 7.47. The Morgan fingerprint density at radius 2 is 1.90 bits per heavy atom. The predicted molar refractivity (Wildman–Crippen MR) is 111 cm³/mol. The highest BCUT2D eigenvalue weighted by molar-refractivity contribution is 5.97. The lowest BCUT2D eigenvalue weighted by molar-refractivity contribution is -0.0123. The Labute approximate surface area is 177 Å². The van der Waals surface area contributed by atoms with E-state index in [4.69, 9.17) is 10.5 Å². The van der Waals surface area contributed by atoms with Gasteiger partial charge in [0.2, 0.25) is 0 Å². The Morgan fingerprint density at radius 3 is 2.74 bits per heavy atom. The number of benzene rings is 1. The number of hydrogen-bond donors (Lipinski definition) is 3. The van der Waals surface area contributed by atoms with Crippen LogP contribution in [0.25, 0.3) is 10.9 Å². The maximum absolute atomic E-state index is 12.6. The molecule has 2 saturated heterocycles. The van der Waals surface area contributed by atoms with Crippen LogP contribution in [0.15, 0.2) is 43.1 Å². The summed E-state index contributed by atoms with van der Waals surface area (Å²) < 4.78 is 5.98. The van der Waals surface area contributed by atoms with E-state index in [-0.39, 0.29) is 28.7 Å². The van der Waals surface area contributed by atoms with E-state index in [0.29, 0.717) is 25.3 Å². The molecule has 0 atom stereocenters. The molecule has 2 aromatic heterocycles. The fraction of sp³-hybridized carbons (Fsp3) is 0.333. The van der Waals surface area contributed by atoms with E-state index < -0.39 is 5.60 Å². The first kappa shape index (κ1) is 19.3. The van der Waals surface area contributed by atoms with Crippen LogP contribution in [0.1, 0.15) is 33.7 Å². The standard InChI is InChI=1S/C21H21N7O3/c22-17-6-23-5-16(28-17)19(30)26-10-21-7-20(8-21,11-31-21)9-25-18(29)13-1-2-15-14(3-13)4-24-12-27-15/h1-6,12H,7-11H2,(H2,22,28)(H,25,29)(H,26,30). The number of fused-ring (bicyclic) bond motifs is 2. The van der Waals surface area contributed by atoms with Gasteiger partial charge in [-0.3, -0.25) is 14.6 Å². The van der Waals surface area contributed by atoms with Gasteiger partial charge in [0, 0.05) is 35.7 Å². The first-order valence-corrected chi connectivity index (χ1v) is 9.94. The third-order valence-electron chi connectivity index (χ3n) is 5.93. The minimum Gasteiger partial charge on any atom is -0.382 e.